The minimum atomic E-state index is -3.78. The fourth-order valence-electron chi connectivity index (χ4n) is 2.59. The lowest BCUT2D eigenvalue weighted by atomic mass is 9.91. The van der Waals surface area contributed by atoms with Crippen LogP contribution in [-0.2, 0) is 29.5 Å². The fourth-order valence-corrected chi connectivity index (χ4v) is 4.11. The zero-order chi connectivity index (χ0) is 18.7. The number of nitrogens with zero attached hydrogens (tertiary/aromatic N) is 1. The maximum atomic E-state index is 12.5. The lowest BCUT2D eigenvalue weighted by molar-refractivity contribution is -0.112. The zero-order valence-electron chi connectivity index (χ0n) is 14.7. The average Bonchev–Trinajstić information content (AvgIpc) is 3.04. The Hall–Kier alpha value is -1.71. The van der Waals surface area contributed by atoms with Gasteiger partial charge in [0, 0.05) is 31.8 Å². The molecule has 1 fully saturated rings. The summed E-state index contributed by atoms with van der Waals surface area (Å²) >= 11 is 0. The molecule has 25 heavy (non-hydrogen) atoms. The number of hydrogen-bond acceptors (Lipinski definition) is 7. The van der Waals surface area contributed by atoms with Crippen LogP contribution >= 0.6 is 0 Å². The van der Waals surface area contributed by atoms with Crippen LogP contribution in [0.3, 0.4) is 0 Å². The summed E-state index contributed by atoms with van der Waals surface area (Å²) in [5.74, 6) is -0.161. The lowest BCUT2D eigenvalue weighted by Crippen LogP contribution is -2.33. The summed E-state index contributed by atoms with van der Waals surface area (Å²) in [6, 6.07) is 1.55. The first kappa shape index (κ1) is 19.6. The van der Waals surface area contributed by atoms with Gasteiger partial charge in [-0.05, 0) is 12.8 Å². The molecule has 0 saturated carbocycles. The molecule has 140 valence electrons. The largest absolute Gasteiger partial charge is 0.384 e. The van der Waals surface area contributed by atoms with Gasteiger partial charge in [0.2, 0.25) is 0 Å². The van der Waals surface area contributed by atoms with Gasteiger partial charge in [0.1, 0.15) is 10.7 Å². The fraction of sp³-hybridized carbons (Fsp3) is 0.625. The number of amides is 1. The van der Waals surface area contributed by atoms with Crippen LogP contribution < -0.4 is 5.32 Å². The Morgan fingerprint density at radius 3 is 2.68 bits per heavy atom. The summed E-state index contributed by atoms with van der Waals surface area (Å²) in [5.41, 5.74) is -0.435. The van der Waals surface area contributed by atoms with Crippen molar-refractivity contribution >= 4 is 21.6 Å². The number of methoxy groups -OCH3 is 1. The Kier molecular flexibility index (Phi) is 6.02. The third-order valence-corrected chi connectivity index (χ3v) is 6.35. The Labute approximate surface area is 147 Å². The van der Waals surface area contributed by atoms with E-state index >= 15 is 0 Å². The highest BCUT2D eigenvalue weighted by atomic mass is 32.2. The second kappa shape index (κ2) is 7.67. The average molecular weight is 372 g/mol. The minimum Gasteiger partial charge on any atom is -0.384 e. The first-order valence-corrected chi connectivity index (χ1v) is 9.51. The van der Waals surface area contributed by atoms with Gasteiger partial charge in [-0.3, -0.25) is 4.79 Å². The highest BCUT2D eigenvalue weighted by Gasteiger charge is 2.34. The van der Waals surface area contributed by atoms with E-state index in [2.05, 4.69) is 17.1 Å². The molecule has 1 aromatic heterocycles. The minimum absolute atomic E-state index is 0.132. The smallest absolute Gasteiger partial charge is 0.267 e. The number of carbonyl (C=O) groups excluding carboxylic acids is 1. The molecule has 0 spiro atoms. The molecule has 1 aliphatic heterocycles. The van der Waals surface area contributed by atoms with Crippen molar-refractivity contribution in [3.8, 4) is 0 Å². The topological polar surface area (TPSA) is 108 Å². The third kappa shape index (κ3) is 4.47. The number of carbonyl (C=O) groups is 1. The van der Waals surface area contributed by atoms with Crippen molar-refractivity contribution in [1.82, 2.24) is 5.16 Å². The molecule has 0 unspecified atom stereocenters. The maximum Gasteiger partial charge on any atom is 0.267 e. The second-order valence-electron chi connectivity index (χ2n) is 6.63. The third-order valence-electron chi connectivity index (χ3n) is 4.13. The lowest BCUT2D eigenvalue weighted by Gasteiger charge is -2.22. The van der Waals surface area contributed by atoms with E-state index in [0.717, 1.165) is 0 Å². The summed E-state index contributed by atoms with van der Waals surface area (Å²) in [4.78, 5) is 11.8. The van der Waals surface area contributed by atoms with Gasteiger partial charge < -0.3 is 19.3 Å². The SMILES string of the molecule is C=C(C(=O)Nc1cc(C(C)(C)COC)on1)S(=O)(=O)C1CCOCC1. The number of aromatic nitrogens is 1. The van der Waals surface area contributed by atoms with Crippen LogP contribution in [0.25, 0.3) is 0 Å². The van der Waals surface area contributed by atoms with E-state index in [9.17, 15) is 13.2 Å². The number of ether oxygens (including phenoxy) is 2. The predicted molar refractivity (Wildman–Crippen MR) is 91.9 cm³/mol. The van der Waals surface area contributed by atoms with Crippen LogP contribution in [0.1, 0.15) is 32.4 Å². The molecule has 0 aromatic carbocycles. The van der Waals surface area contributed by atoms with E-state index in [0.29, 0.717) is 38.4 Å². The Balaban J connectivity index is 2.06. The highest BCUT2D eigenvalue weighted by Crippen LogP contribution is 2.27. The van der Waals surface area contributed by atoms with Crippen LogP contribution in [0, 0.1) is 0 Å². The molecule has 1 aliphatic rings. The molecule has 0 radical (unpaired) electrons. The number of hydrogen-bond donors (Lipinski definition) is 1. The molecule has 1 aromatic rings. The zero-order valence-corrected chi connectivity index (χ0v) is 15.5. The summed E-state index contributed by atoms with van der Waals surface area (Å²) in [7, 11) is -2.20. The van der Waals surface area contributed by atoms with Crippen molar-refractivity contribution in [2.75, 3.05) is 32.2 Å². The van der Waals surface area contributed by atoms with E-state index in [-0.39, 0.29) is 5.82 Å². The second-order valence-corrected chi connectivity index (χ2v) is 8.88. The van der Waals surface area contributed by atoms with Crippen molar-refractivity contribution in [3.05, 3.63) is 23.3 Å². The van der Waals surface area contributed by atoms with E-state index in [1.807, 2.05) is 13.8 Å². The molecule has 0 bridgehead atoms. The van der Waals surface area contributed by atoms with Gasteiger partial charge in [-0.1, -0.05) is 25.6 Å². The van der Waals surface area contributed by atoms with Crippen LogP contribution in [0.5, 0.6) is 0 Å². The first-order valence-electron chi connectivity index (χ1n) is 7.96. The maximum absolute atomic E-state index is 12.5. The van der Waals surface area contributed by atoms with Gasteiger partial charge in [0.15, 0.2) is 15.7 Å². The predicted octanol–water partition coefficient (Wildman–Crippen LogP) is 1.64. The molecule has 1 saturated heterocycles. The van der Waals surface area contributed by atoms with E-state index in [4.69, 9.17) is 14.0 Å². The van der Waals surface area contributed by atoms with E-state index < -0.39 is 31.3 Å². The van der Waals surface area contributed by atoms with Gasteiger partial charge in [-0.15, -0.1) is 0 Å². The standard InChI is InChI=1S/C16H24N2O6S/c1-11(25(20,21)12-5-7-23-8-6-12)15(19)17-14-9-13(24-18-14)16(2,3)10-22-4/h9,12H,1,5-8,10H2,2-4H3,(H,17,18,19). The Morgan fingerprint density at radius 1 is 1.44 bits per heavy atom. The molecule has 8 nitrogen and oxygen atoms in total. The summed E-state index contributed by atoms with van der Waals surface area (Å²) in [6.45, 7) is 8.39. The molecular weight excluding hydrogens is 348 g/mol. The van der Waals surface area contributed by atoms with Crippen LogP contribution in [0.2, 0.25) is 0 Å². The van der Waals surface area contributed by atoms with E-state index in [1.54, 1.807) is 13.2 Å². The van der Waals surface area contributed by atoms with Crippen LogP contribution in [0.15, 0.2) is 22.1 Å². The molecule has 2 rings (SSSR count). The molecular formula is C16H24N2O6S. The number of sulfone groups is 1. The van der Waals surface area contributed by atoms with Crippen LogP contribution in [0.4, 0.5) is 5.82 Å². The van der Waals surface area contributed by atoms with Gasteiger partial charge in [0.25, 0.3) is 5.91 Å². The van der Waals surface area contributed by atoms with E-state index in [1.165, 1.54) is 0 Å². The quantitative estimate of drug-likeness (QED) is 0.725. The van der Waals surface area contributed by atoms with Crippen molar-refractivity contribution in [2.24, 2.45) is 0 Å². The number of nitrogens with one attached hydrogen (secondary N) is 1. The Morgan fingerprint density at radius 2 is 2.08 bits per heavy atom. The molecule has 2 heterocycles. The number of anilines is 1. The molecule has 1 N–H and O–H groups in total. The van der Waals surface area contributed by atoms with Crippen molar-refractivity contribution in [3.63, 3.8) is 0 Å². The summed E-state index contributed by atoms with van der Waals surface area (Å²) in [5, 5.41) is 5.54. The highest BCUT2D eigenvalue weighted by molar-refractivity contribution is 7.96. The molecule has 1 amide bonds. The molecule has 9 heteroatoms. The van der Waals surface area contributed by atoms with Gasteiger partial charge in [-0.25, -0.2) is 8.42 Å². The molecule has 0 aliphatic carbocycles. The first-order chi connectivity index (χ1) is 11.7. The normalized spacial score (nSPS) is 16.6. The van der Waals surface area contributed by atoms with Gasteiger partial charge >= 0.3 is 0 Å². The van der Waals surface area contributed by atoms with Gasteiger partial charge in [0.05, 0.1) is 11.9 Å². The summed E-state index contributed by atoms with van der Waals surface area (Å²) in [6.07, 6.45) is 0.710. The van der Waals surface area contributed by atoms with Crippen molar-refractivity contribution in [1.29, 1.82) is 0 Å². The van der Waals surface area contributed by atoms with Crippen molar-refractivity contribution < 1.29 is 27.2 Å². The van der Waals surface area contributed by atoms with Crippen LogP contribution in [-0.4, -0.2) is 51.7 Å². The van der Waals surface area contributed by atoms with Gasteiger partial charge in [-0.2, -0.15) is 0 Å². The monoisotopic (exact) mass is 372 g/mol. The molecule has 0 atom stereocenters. The summed E-state index contributed by atoms with van der Waals surface area (Å²) < 4.78 is 40.5. The van der Waals surface area contributed by atoms with Crippen molar-refractivity contribution in [2.45, 2.75) is 37.4 Å². The number of rotatable bonds is 7. The Bertz CT molecular complexity index is 732.